The van der Waals surface area contributed by atoms with Crippen molar-refractivity contribution in [3.63, 3.8) is 0 Å². The van der Waals surface area contributed by atoms with Crippen LogP contribution in [0.2, 0.25) is 10.0 Å². The fourth-order valence-corrected chi connectivity index (χ4v) is 2.31. The fourth-order valence-electron chi connectivity index (χ4n) is 1.99. The Balaban J connectivity index is 1.74. The lowest BCUT2D eigenvalue weighted by atomic mass is 10.3. The van der Waals surface area contributed by atoms with Gasteiger partial charge < -0.3 is 10.6 Å². The highest BCUT2D eigenvalue weighted by Gasteiger charge is 2.09. The zero-order valence-electron chi connectivity index (χ0n) is 12.3. The van der Waals surface area contributed by atoms with Crippen molar-refractivity contribution in [2.45, 2.75) is 0 Å². The fraction of sp³-hybridized carbons (Fsp3) is 0. The molecule has 0 saturated carbocycles. The van der Waals surface area contributed by atoms with Crippen LogP contribution in [0.25, 0.3) is 0 Å². The molecule has 0 saturated heterocycles. The van der Waals surface area contributed by atoms with Gasteiger partial charge in [0.15, 0.2) is 0 Å². The summed E-state index contributed by atoms with van der Waals surface area (Å²) in [7, 11) is 0. The molecule has 5 nitrogen and oxygen atoms in total. The number of carbonyl (C=O) groups is 1. The first-order valence-corrected chi connectivity index (χ1v) is 7.77. The first-order chi connectivity index (χ1) is 11.6. The Morgan fingerprint density at radius 2 is 1.67 bits per heavy atom. The van der Waals surface area contributed by atoms with Crippen LogP contribution in [0.4, 0.5) is 17.2 Å². The van der Waals surface area contributed by atoms with Crippen molar-refractivity contribution in [1.82, 2.24) is 9.97 Å². The van der Waals surface area contributed by atoms with Gasteiger partial charge in [-0.3, -0.25) is 4.79 Å². The molecule has 1 heterocycles. The average molecular weight is 359 g/mol. The number of nitrogens with one attached hydrogen (secondary N) is 2. The highest BCUT2D eigenvalue weighted by Crippen LogP contribution is 2.19. The van der Waals surface area contributed by atoms with Crippen LogP contribution in [-0.2, 0) is 0 Å². The van der Waals surface area contributed by atoms with Crippen LogP contribution in [0.15, 0.2) is 60.9 Å². The molecule has 3 aromatic rings. The van der Waals surface area contributed by atoms with E-state index in [1.165, 1.54) is 6.33 Å². The third-order valence-electron chi connectivity index (χ3n) is 3.10. The quantitative estimate of drug-likeness (QED) is 0.704. The van der Waals surface area contributed by atoms with Crippen LogP contribution in [0, 0.1) is 0 Å². The second-order valence-electron chi connectivity index (χ2n) is 4.88. The molecule has 1 amide bonds. The van der Waals surface area contributed by atoms with E-state index in [4.69, 9.17) is 23.2 Å². The predicted octanol–water partition coefficient (Wildman–Crippen LogP) is 4.78. The van der Waals surface area contributed by atoms with Crippen LogP contribution >= 0.6 is 23.2 Å². The van der Waals surface area contributed by atoms with Crippen molar-refractivity contribution < 1.29 is 4.79 Å². The number of anilines is 3. The number of halogens is 2. The van der Waals surface area contributed by atoms with E-state index < -0.39 is 0 Å². The Bertz CT molecular complexity index is 868. The predicted molar refractivity (Wildman–Crippen MR) is 96.2 cm³/mol. The minimum Gasteiger partial charge on any atom is -0.340 e. The Morgan fingerprint density at radius 1 is 0.875 bits per heavy atom. The molecule has 0 aliphatic carbocycles. The van der Waals surface area contributed by atoms with Gasteiger partial charge in [-0.2, -0.15) is 0 Å². The van der Waals surface area contributed by atoms with Crippen molar-refractivity contribution in [3.8, 4) is 0 Å². The van der Waals surface area contributed by atoms with Gasteiger partial charge in [0, 0.05) is 27.5 Å². The highest BCUT2D eigenvalue weighted by atomic mass is 35.5. The molecule has 120 valence electrons. The largest absolute Gasteiger partial charge is 0.340 e. The lowest BCUT2D eigenvalue weighted by molar-refractivity contribution is 0.102. The SMILES string of the molecule is O=C(Nc1cccc(Cl)c1)c1cc(Nc2ccc(Cl)cc2)ncn1. The van der Waals surface area contributed by atoms with Crippen molar-refractivity contribution in [3.05, 3.63) is 76.7 Å². The molecule has 0 bridgehead atoms. The summed E-state index contributed by atoms with van der Waals surface area (Å²) in [5, 5.41) is 7.01. The van der Waals surface area contributed by atoms with E-state index in [9.17, 15) is 4.79 Å². The molecule has 0 unspecified atom stereocenters. The molecule has 1 aromatic heterocycles. The summed E-state index contributed by atoms with van der Waals surface area (Å²) in [6.07, 6.45) is 1.32. The Labute approximate surface area is 148 Å². The second kappa shape index (κ2) is 7.29. The van der Waals surface area contributed by atoms with Crippen molar-refractivity contribution in [2.75, 3.05) is 10.6 Å². The summed E-state index contributed by atoms with van der Waals surface area (Å²) in [6, 6.07) is 15.6. The van der Waals surface area contributed by atoms with Gasteiger partial charge in [-0.25, -0.2) is 9.97 Å². The van der Waals surface area contributed by atoms with E-state index in [0.29, 0.717) is 21.6 Å². The molecule has 0 spiro atoms. The molecule has 0 aliphatic heterocycles. The van der Waals surface area contributed by atoms with Crippen molar-refractivity contribution in [2.24, 2.45) is 0 Å². The third kappa shape index (κ3) is 4.22. The molecule has 2 N–H and O–H groups in total. The van der Waals surface area contributed by atoms with Gasteiger partial charge in [0.2, 0.25) is 0 Å². The summed E-state index contributed by atoms with van der Waals surface area (Å²) in [5.74, 6) is 0.155. The van der Waals surface area contributed by atoms with E-state index in [1.807, 2.05) is 12.1 Å². The average Bonchev–Trinajstić information content (AvgIpc) is 2.57. The molecule has 3 rings (SSSR count). The van der Waals surface area contributed by atoms with Gasteiger partial charge in [0.1, 0.15) is 17.8 Å². The van der Waals surface area contributed by atoms with E-state index >= 15 is 0 Å². The number of nitrogens with zero attached hydrogens (tertiary/aromatic N) is 2. The zero-order valence-corrected chi connectivity index (χ0v) is 13.8. The number of hydrogen-bond donors (Lipinski definition) is 2. The maximum absolute atomic E-state index is 12.3. The molecule has 0 atom stereocenters. The van der Waals surface area contributed by atoms with E-state index in [1.54, 1.807) is 42.5 Å². The summed E-state index contributed by atoms with van der Waals surface area (Å²) >= 11 is 11.8. The topological polar surface area (TPSA) is 66.9 Å². The standard InChI is InChI=1S/C17H12Cl2N4O/c18-11-4-6-13(7-5-11)22-16-9-15(20-10-21-16)17(24)23-14-3-1-2-12(19)8-14/h1-10H,(H,23,24)(H,20,21,22). The summed E-state index contributed by atoms with van der Waals surface area (Å²) in [5.41, 5.74) is 1.64. The van der Waals surface area contributed by atoms with Gasteiger partial charge in [0.25, 0.3) is 5.91 Å². The number of benzene rings is 2. The lowest BCUT2D eigenvalue weighted by Gasteiger charge is -2.08. The minimum absolute atomic E-state index is 0.237. The van der Waals surface area contributed by atoms with E-state index in [2.05, 4.69) is 20.6 Å². The van der Waals surface area contributed by atoms with Gasteiger partial charge >= 0.3 is 0 Å². The minimum atomic E-state index is -0.348. The van der Waals surface area contributed by atoms with E-state index in [-0.39, 0.29) is 11.6 Å². The molecule has 7 heteroatoms. The lowest BCUT2D eigenvalue weighted by Crippen LogP contribution is -2.14. The van der Waals surface area contributed by atoms with Gasteiger partial charge in [-0.1, -0.05) is 29.3 Å². The zero-order chi connectivity index (χ0) is 16.9. The maximum Gasteiger partial charge on any atom is 0.274 e. The number of rotatable bonds is 4. The first-order valence-electron chi connectivity index (χ1n) is 7.02. The molecular formula is C17H12Cl2N4O. The van der Waals surface area contributed by atoms with Crippen LogP contribution in [-0.4, -0.2) is 15.9 Å². The van der Waals surface area contributed by atoms with Crippen molar-refractivity contribution in [1.29, 1.82) is 0 Å². The molecule has 24 heavy (non-hydrogen) atoms. The molecule has 0 aliphatic rings. The monoisotopic (exact) mass is 358 g/mol. The first kappa shape index (κ1) is 16.2. The number of hydrogen-bond acceptors (Lipinski definition) is 4. The number of aromatic nitrogens is 2. The molecular weight excluding hydrogens is 347 g/mol. The van der Waals surface area contributed by atoms with Crippen LogP contribution in [0.3, 0.4) is 0 Å². The van der Waals surface area contributed by atoms with Crippen molar-refractivity contribution >= 4 is 46.3 Å². The third-order valence-corrected chi connectivity index (χ3v) is 3.59. The molecule has 2 aromatic carbocycles. The highest BCUT2D eigenvalue weighted by molar-refractivity contribution is 6.31. The van der Waals surface area contributed by atoms with Gasteiger partial charge in [-0.15, -0.1) is 0 Å². The molecule has 0 fully saturated rings. The number of amides is 1. The Morgan fingerprint density at radius 3 is 2.42 bits per heavy atom. The van der Waals surface area contributed by atoms with Gasteiger partial charge in [0.05, 0.1) is 0 Å². The smallest absolute Gasteiger partial charge is 0.274 e. The van der Waals surface area contributed by atoms with E-state index in [0.717, 1.165) is 5.69 Å². The number of carbonyl (C=O) groups excluding carboxylic acids is 1. The van der Waals surface area contributed by atoms with Crippen LogP contribution in [0.5, 0.6) is 0 Å². The Hall–Kier alpha value is -2.63. The molecule has 0 radical (unpaired) electrons. The summed E-state index contributed by atoms with van der Waals surface area (Å²) in [6.45, 7) is 0. The maximum atomic E-state index is 12.3. The summed E-state index contributed by atoms with van der Waals surface area (Å²) < 4.78 is 0. The Kier molecular flexibility index (Phi) is 4.93. The van der Waals surface area contributed by atoms with Crippen LogP contribution in [0.1, 0.15) is 10.5 Å². The van der Waals surface area contributed by atoms with Gasteiger partial charge in [-0.05, 0) is 42.5 Å². The summed E-state index contributed by atoms with van der Waals surface area (Å²) in [4.78, 5) is 20.4. The second-order valence-corrected chi connectivity index (χ2v) is 5.76. The normalized spacial score (nSPS) is 10.2. The van der Waals surface area contributed by atoms with Crippen LogP contribution < -0.4 is 10.6 Å².